The highest BCUT2D eigenvalue weighted by Crippen LogP contribution is 2.36. The number of hydrogen-bond donors (Lipinski definition) is 2. The van der Waals surface area contributed by atoms with Crippen LogP contribution in [0.15, 0.2) is 47.2 Å². The Kier molecular flexibility index (Phi) is 3.95. The molecule has 0 bridgehead atoms. The molecule has 2 heterocycles. The predicted molar refractivity (Wildman–Crippen MR) is 97.5 cm³/mol. The van der Waals surface area contributed by atoms with Crippen LogP contribution in [0, 0.1) is 0 Å². The number of hydrogen-bond acceptors (Lipinski definition) is 2. The van der Waals surface area contributed by atoms with Crippen LogP contribution in [0.5, 0.6) is 0 Å². The number of nitrogens with one attached hydrogen (secondary N) is 2. The number of halogens is 1. The molecule has 118 valence electrons. The molecule has 23 heavy (non-hydrogen) atoms. The Balaban J connectivity index is 1.66. The maximum Gasteiger partial charge on any atom is 0.0480 e. The first kappa shape index (κ1) is 14.9. The van der Waals surface area contributed by atoms with Crippen LogP contribution < -0.4 is 5.32 Å². The van der Waals surface area contributed by atoms with Crippen molar-refractivity contribution in [3.05, 3.63) is 64.0 Å². The van der Waals surface area contributed by atoms with E-state index in [1.165, 1.54) is 40.6 Å². The third kappa shape index (κ3) is 2.81. The molecular weight excluding hydrogens is 350 g/mol. The van der Waals surface area contributed by atoms with Crippen molar-refractivity contribution in [2.24, 2.45) is 0 Å². The zero-order chi connectivity index (χ0) is 15.8. The lowest BCUT2D eigenvalue weighted by atomic mass is 9.91. The number of aromatic amines is 1. The Morgan fingerprint density at radius 3 is 2.91 bits per heavy atom. The molecule has 4 rings (SSSR count). The molecule has 1 aliphatic carbocycles. The van der Waals surface area contributed by atoms with Gasteiger partial charge in [-0.05, 0) is 67.6 Å². The Labute approximate surface area is 144 Å². The molecule has 3 nitrogen and oxygen atoms in total. The van der Waals surface area contributed by atoms with E-state index in [0.717, 1.165) is 10.9 Å². The third-order valence-corrected chi connectivity index (χ3v) is 5.32. The number of benzene rings is 1. The summed E-state index contributed by atoms with van der Waals surface area (Å²) >= 11 is 3.60. The quantitative estimate of drug-likeness (QED) is 0.677. The minimum atomic E-state index is 0.312. The molecule has 4 heteroatoms. The van der Waals surface area contributed by atoms with Crippen molar-refractivity contribution < 1.29 is 0 Å². The zero-order valence-corrected chi connectivity index (χ0v) is 14.7. The standard InChI is InChI=1S/C19H20BrN3/c1-12(13-7-9-21-10-8-13)22-18-4-2-3-15-16-11-14(20)5-6-17(16)23-19(15)18/h5-12,18,22-23H,2-4H2,1H3. The summed E-state index contributed by atoms with van der Waals surface area (Å²) in [5, 5.41) is 5.15. The lowest BCUT2D eigenvalue weighted by Gasteiger charge is -2.27. The molecule has 0 aliphatic heterocycles. The van der Waals surface area contributed by atoms with Crippen LogP contribution >= 0.6 is 15.9 Å². The van der Waals surface area contributed by atoms with Crippen LogP contribution in [-0.2, 0) is 6.42 Å². The van der Waals surface area contributed by atoms with E-state index in [0.29, 0.717) is 12.1 Å². The number of aromatic nitrogens is 2. The summed E-state index contributed by atoms with van der Waals surface area (Å²) in [5.74, 6) is 0. The highest BCUT2D eigenvalue weighted by molar-refractivity contribution is 9.10. The number of pyridine rings is 1. The van der Waals surface area contributed by atoms with Crippen molar-refractivity contribution in [1.29, 1.82) is 0 Å². The van der Waals surface area contributed by atoms with E-state index in [-0.39, 0.29) is 0 Å². The number of H-pyrrole nitrogens is 1. The van der Waals surface area contributed by atoms with Crippen molar-refractivity contribution in [3.8, 4) is 0 Å². The predicted octanol–water partition coefficient (Wildman–Crippen LogP) is 5.05. The maximum atomic E-state index is 4.11. The highest BCUT2D eigenvalue weighted by atomic mass is 79.9. The maximum absolute atomic E-state index is 4.11. The fourth-order valence-corrected chi connectivity index (χ4v) is 4.01. The van der Waals surface area contributed by atoms with Gasteiger partial charge in [0.05, 0.1) is 0 Å². The largest absolute Gasteiger partial charge is 0.357 e. The second kappa shape index (κ2) is 6.10. The van der Waals surface area contributed by atoms with Gasteiger partial charge in [-0.15, -0.1) is 0 Å². The number of fused-ring (bicyclic) bond motifs is 3. The highest BCUT2D eigenvalue weighted by Gasteiger charge is 2.25. The summed E-state index contributed by atoms with van der Waals surface area (Å²) in [7, 11) is 0. The molecule has 2 N–H and O–H groups in total. The molecule has 0 saturated heterocycles. The summed E-state index contributed by atoms with van der Waals surface area (Å²) < 4.78 is 1.15. The monoisotopic (exact) mass is 369 g/mol. The molecular formula is C19H20BrN3. The van der Waals surface area contributed by atoms with Gasteiger partial charge < -0.3 is 10.3 Å². The lowest BCUT2D eigenvalue weighted by molar-refractivity contribution is 0.410. The summed E-state index contributed by atoms with van der Waals surface area (Å²) in [5.41, 5.74) is 5.37. The van der Waals surface area contributed by atoms with Gasteiger partial charge in [-0.3, -0.25) is 4.98 Å². The van der Waals surface area contributed by atoms with Gasteiger partial charge in [-0.25, -0.2) is 0 Å². The first-order chi connectivity index (χ1) is 11.2. The van der Waals surface area contributed by atoms with E-state index < -0.39 is 0 Å². The van der Waals surface area contributed by atoms with Crippen LogP contribution in [0.4, 0.5) is 0 Å². The van der Waals surface area contributed by atoms with Crippen LogP contribution in [-0.4, -0.2) is 9.97 Å². The summed E-state index contributed by atoms with van der Waals surface area (Å²) in [4.78, 5) is 7.76. The summed E-state index contributed by atoms with van der Waals surface area (Å²) in [6, 6.07) is 11.4. The normalized spacial score (nSPS) is 18.8. The molecule has 2 aromatic heterocycles. The van der Waals surface area contributed by atoms with E-state index in [1.54, 1.807) is 0 Å². The van der Waals surface area contributed by atoms with Crippen molar-refractivity contribution in [1.82, 2.24) is 15.3 Å². The lowest BCUT2D eigenvalue weighted by Crippen LogP contribution is -2.27. The van der Waals surface area contributed by atoms with Gasteiger partial charge in [0.2, 0.25) is 0 Å². The van der Waals surface area contributed by atoms with Gasteiger partial charge in [0, 0.05) is 45.5 Å². The fraction of sp³-hybridized carbons (Fsp3) is 0.316. The van der Waals surface area contributed by atoms with Gasteiger partial charge in [0.25, 0.3) is 0 Å². The average molecular weight is 370 g/mol. The Hall–Kier alpha value is -1.65. The molecule has 2 atom stereocenters. The molecule has 1 aromatic carbocycles. The van der Waals surface area contributed by atoms with Crippen LogP contribution in [0.25, 0.3) is 10.9 Å². The van der Waals surface area contributed by atoms with Gasteiger partial charge in [0.15, 0.2) is 0 Å². The molecule has 1 aliphatic rings. The van der Waals surface area contributed by atoms with Gasteiger partial charge in [0.1, 0.15) is 0 Å². The Bertz CT molecular complexity index is 825. The van der Waals surface area contributed by atoms with E-state index in [9.17, 15) is 0 Å². The van der Waals surface area contributed by atoms with Crippen LogP contribution in [0.1, 0.15) is 48.7 Å². The molecule has 0 spiro atoms. The number of aryl methyl sites for hydroxylation is 1. The van der Waals surface area contributed by atoms with Crippen molar-refractivity contribution >= 4 is 26.8 Å². The first-order valence-electron chi connectivity index (χ1n) is 8.18. The SMILES string of the molecule is CC(NC1CCCc2c1[nH]c1ccc(Br)cc21)c1ccncc1. The average Bonchev–Trinajstić information content (AvgIpc) is 2.95. The van der Waals surface area contributed by atoms with Gasteiger partial charge in [-0.1, -0.05) is 15.9 Å². The number of nitrogens with zero attached hydrogens (tertiary/aromatic N) is 1. The molecule has 0 saturated carbocycles. The molecule has 0 fully saturated rings. The van der Waals surface area contributed by atoms with Crippen molar-refractivity contribution in [2.45, 2.75) is 38.3 Å². The minimum absolute atomic E-state index is 0.312. The number of rotatable bonds is 3. The Morgan fingerprint density at radius 2 is 2.09 bits per heavy atom. The molecule has 2 unspecified atom stereocenters. The summed E-state index contributed by atoms with van der Waals surface area (Å²) in [6.07, 6.45) is 7.29. The Morgan fingerprint density at radius 1 is 1.26 bits per heavy atom. The first-order valence-corrected chi connectivity index (χ1v) is 8.97. The van der Waals surface area contributed by atoms with E-state index in [1.807, 2.05) is 12.4 Å². The van der Waals surface area contributed by atoms with Crippen LogP contribution in [0.2, 0.25) is 0 Å². The van der Waals surface area contributed by atoms with Crippen molar-refractivity contribution in [2.75, 3.05) is 0 Å². The van der Waals surface area contributed by atoms with E-state index in [2.05, 4.69) is 68.5 Å². The smallest absolute Gasteiger partial charge is 0.0480 e. The minimum Gasteiger partial charge on any atom is -0.357 e. The fourth-order valence-electron chi connectivity index (χ4n) is 3.65. The molecule has 3 aromatic rings. The van der Waals surface area contributed by atoms with Gasteiger partial charge >= 0.3 is 0 Å². The second-order valence-corrected chi connectivity index (χ2v) is 7.24. The van der Waals surface area contributed by atoms with E-state index >= 15 is 0 Å². The topological polar surface area (TPSA) is 40.7 Å². The molecule has 0 radical (unpaired) electrons. The third-order valence-electron chi connectivity index (χ3n) is 4.83. The van der Waals surface area contributed by atoms with Crippen LogP contribution in [0.3, 0.4) is 0 Å². The van der Waals surface area contributed by atoms with E-state index in [4.69, 9.17) is 0 Å². The summed E-state index contributed by atoms with van der Waals surface area (Å²) in [6.45, 7) is 2.23. The molecule has 0 amide bonds. The second-order valence-electron chi connectivity index (χ2n) is 6.32. The van der Waals surface area contributed by atoms with Gasteiger partial charge in [-0.2, -0.15) is 0 Å². The zero-order valence-electron chi connectivity index (χ0n) is 13.1. The van der Waals surface area contributed by atoms with Crippen molar-refractivity contribution in [3.63, 3.8) is 0 Å².